The first-order chi connectivity index (χ1) is 14.2. The summed E-state index contributed by atoms with van der Waals surface area (Å²) in [5.41, 5.74) is 2.66. The molecule has 0 aliphatic heterocycles. The predicted molar refractivity (Wildman–Crippen MR) is 114 cm³/mol. The molecule has 2 N–H and O–H groups in total. The summed E-state index contributed by atoms with van der Waals surface area (Å²) >= 11 is 0. The number of amides is 2. The summed E-state index contributed by atoms with van der Waals surface area (Å²) in [5, 5.41) is 5.74. The van der Waals surface area contributed by atoms with E-state index in [1.165, 1.54) is 0 Å². The van der Waals surface area contributed by atoms with Crippen LogP contribution in [0.5, 0.6) is 0 Å². The second-order valence-corrected chi connectivity index (χ2v) is 6.54. The molecule has 3 aromatic carbocycles. The number of carbonyl (C=O) groups is 2. The highest BCUT2D eigenvalue weighted by molar-refractivity contribution is 6.05. The summed E-state index contributed by atoms with van der Waals surface area (Å²) in [6.45, 7) is 0.818. The van der Waals surface area contributed by atoms with Gasteiger partial charge in [-0.05, 0) is 23.3 Å². The molecule has 0 saturated carbocycles. The van der Waals surface area contributed by atoms with Gasteiger partial charge in [0.15, 0.2) is 0 Å². The van der Waals surface area contributed by atoms with Crippen LogP contribution in [0.15, 0.2) is 84.9 Å². The van der Waals surface area contributed by atoms with Crippen molar-refractivity contribution in [1.29, 1.82) is 0 Å². The first-order valence-electron chi connectivity index (χ1n) is 9.47. The summed E-state index contributed by atoms with van der Waals surface area (Å²) in [5.74, 6) is -0.935. The first kappa shape index (κ1) is 20.3. The molecule has 0 unspecified atom stereocenters. The summed E-state index contributed by atoms with van der Waals surface area (Å²) in [6.07, 6.45) is 0. The molecular weight excluding hydrogens is 364 g/mol. The van der Waals surface area contributed by atoms with Crippen molar-refractivity contribution in [2.24, 2.45) is 0 Å². The van der Waals surface area contributed by atoms with E-state index in [9.17, 15) is 9.59 Å². The van der Waals surface area contributed by atoms with Crippen LogP contribution in [0.3, 0.4) is 0 Å². The molecule has 0 radical (unpaired) electrons. The number of benzene rings is 3. The van der Waals surface area contributed by atoms with Crippen molar-refractivity contribution < 1.29 is 14.3 Å². The maximum Gasteiger partial charge on any atom is 0.253 e. The maximum atomic E-state index is 13.3. The molecule has 5 nitrogen and oxygen atoms in total. The van der Waals surface area contributed by atoms with Crippen LogP contribution in [0, 0.1) is 0 Å². The molecule has 29 heavy (non-hydrogen) atoms. The zero-order valence-electron chi connectivity index (χ0n) is 16.3. The fourth-order valence-electron chi connectivity index (χ4n) is 3.14. The number of rotatable bonds is 8. The van der Waals surface area contributed by atoms with Gasteiger partial charge in [0, 0.05) is 13.7 Å². The lowest BCUT2D eigenvalue weighted by molar-refractivity contribution is -0.116. The molecule has 0 aliphatic rings. The minimum absolute atomic E-state index is 0.195. The molecule has 0 saturated heterocycles. The third-order valence-electron chi connectivity index (χ3n) is 4.55. The van der Waals surface area contributed by atoms with Gasteiger partial charge in [0.2, 0.25) is 5.91 Å². The molecule has 0 aromatic heterocycles. The number of ether oxygens (including phenoxy) is 1. The molecule has 0 fully saturated rings. The van der Waals surface area contributed by atoms with E-state index in [0.29, 0.717) is 24.4 Å². The zero-order chi connectivity index (χ0) is 20.5. The van der Waals surface area contributed by atoms with E-state index in [1.807, 2.05) is 60.7 Å². The molecule has 148 valence electrons. The highest BCUT2D eigenvalue weighted by Crippen LogP contribution is 2.27. The van der Waals surface area contributed by atoms with Crippen LogP contribution in [-0.2, 0) is 9.53 Å². The minimum Gasteiger partial charge on any atom is -0.383 e. The monoisotopic (exact) mass is 388 g/mol. The number of carbonyl (C=O) groups excluding carboxylic acids is 2. The third-order valence-corrected chi connectivity index (χ3v) is 4.55. The Morgan fingerprint density at radius 2 is 1.38 bits per heavy atom. The molecule has 2 amide bonds. The average Bonchev–Trinajstić information content (AvgIpc) is 2.76. The van der Waals surface area contributed by atoms with Gasteiger partial charge < -0.3 is 15.4 Å². The van der Waals surface area contributed by atoms with E-state index in [1.54, 1.807) is 31.4 Å². The lowest BCUT2D eigenvalue weighted by Gasteiger charge is -2.19. The Labute approximate surface area is 170 Å². The summed E-state index contributed by atoms with van der Waals surface area (Å²) < 4.78 is 4.97. The zero-order valence-corrected chi connectivity index (χ0v) is 16.3. The Kier molecular flexibility index (Phi) is 7.14. The molecule has 3 aromatic rings. The van der Waals surface area contributed by atoms with Crippen LogP contribution in [0.1, 0.15) is 27.4 Å². The van der Waals surface area contributed by atoms with Crippen LogP contribution in [0.4, 0.5) is 5.69 Å². The molecule has 0 heterocycles. The van der Waals surface area contributed by atoms with Crippen LogP contribution in [0.2, 0.25) is 0 Å². The van der Waals surface area contributed by atoms with Gasteiger partial charge in [0.05, 0.1) is 23.8 Å². The molecule has 0 aliphatic carbocycles. The van der Waals surface area contributed by atoms with Crippen molar-refractivity contribution in [3.05, 3.63) is 102 Å². The fourth-order valence-corrected chi connectivity index (χ4v) is 3.14. The smallest absolute Gasteiger partial charge is 0.253 e. The van der Waals surface area contributed by atoms with Gasteiger partial charge in [-0.2, -0.15) is 0 Å². The number of nitrogens with one attached hydrogen (secondary N) is 2. The molecule has 3 rings (SSSR count). The Bertz CT molecular complexity index is 903. The Hall–Kier alpha value is -3.44. The molecule has 5 heteroatoms. The number of hydrogen-bond donors (Lipinski definition) is 2. The van der Waals surface area contributed by atoms with Gasteiger partial charge in [-0.1, -0.05) is 72.8 Å². The first-order valence-corrected chi connectivity index (χ1v) is 9.47. The van der Waals surface area contributed by atoms with E-state index < -0.39 is 5.92 Å². The SMILES string of the molecule is COCCNC(=O)c1ccccc1NC(=O)C(c1ccccc1)c1ccccc1. The van der Waals surface area contributed by atoms with Crippen molar-refractivity contribution in [3.8, 4) is 0 Å². The number of anilines is 1. The second kappa shape index (κ2) is 10.2. The van der Waals surface area contributed by atoms with Crippen molar-refractivity contribution in [3.63, 3.8) is 0 Å². The standard InChI is InChI=1S/C24H24N2O3/c1-29-17-16-25-23(27)20-14-8-9-15-21(20)26-24(28)22(18-10-4-2-5-11-18)19-12-6-3-7-13-19/h2-15,22H,16-17H2,1H3,(H,25,27)(H,26,28). The van der Waals surface area contributed by atoms with Crippen LogP contribution >= 0.6 is 0 Å². The second-order valence-electron chi connectivity index (χ2n) is 6.54. The van der Waals surface area contributed by atoms with Gasteiger partial charge in [0.25, 0.3) is 5.91 Å². The van der Waals surface area contributed by atoms with E-state index in [-0.39, 0.29) is 11.8 Å². The van der Waals surface area contributed by atoms with Gasteiger partial charge in [0.1, 0.15) is 0 Å². The van der Waals surface area contributed by atoms with E-state index in [2.05, 4.69) is 10.6 Å². The van der Waals surface area contributed by atoms with Crippen LogP contribution in [-0.4, -0.2) is 32.1 Å². The number of hydrogen-bond acceptors (Lipinski definition) is 3. The average molecular weight is 388 g/mol. The van der Waals surface area contributed by atoms with Crippen LogP contribution in [0.25, 0.3) is 0 Å². The van der Waals surface area contributed by atoms with Gasteiger partial charge in [-0.3, -0.25) is 9.59 Å². The lowest BCUT2D eigenvalue weighted by atomic mass is 9.90. The van der Waals surface area contributed by atoms with E-state index in [0.717, 1.165) is 11.1 Å². The predicted octanol–water partition coefficient (Wildman–Crippen LogP) is 3.83. The summed E-state index contributed by atoms with van der Waals surface area (Å²) in [7, 11) is 1.58. The van der Waals surface area contributed by atoms with E-state index in [4.69, 9.17) is 4.74 Å². The molecule has 0 bridgehead atoms. The highest BCUT2D eigenvalue weighted by atomic mass is 16.5. The maximum absolute atomic E-state index is 13.3. The molecule has 0 atom stereocenters. The van der Waals surface area contributed by atoms with Gasteiger partial charge in [-0.15, -0.1) is 0 Å². The Morgan fingerprint density at radius 1 is 0.828 bits per heavy atom. The normalized spacial score (nSPS) is 10.6. The molecule has 0 spiro atoms. The number of methoxy groups -OCH3 is 1. The van der Waals surface area contributed by atoms with Crippen molar-refractivity contribution >= 4 is 17.5 Å². The highest BCUT2D eigenvalue weighted by Gasteiger charge is 2.24. The minimum atomic E-state index is -0.484. The number of para-hydroxylation sites is 1. The largest absolute Gasteiger partial charge is 0.383 e. The summed E-state index contributed by atoms with van der Waals surface area (Å²) in [4.78, 5) is 25.8. The summed E-state index contributed by atoms with van der Waals surface area (Å²) in [6, 6.07) is 26.2. The quantitative estimate of drug-likeness (QED) is 0.576. The van der Waals surface area contributed by atoms with Crippen molar-refractivity contribution in [2.75, 3.05) is 25.6 Å². The van der Waals surface area contributed by atoms with Crippen molar-refractivity contribution in [2.45, 2.75) is 5.92 Å². The van der Waals surface area contributed by atoms with Gasteiger partial charge in [-0.25, -0.2) is 0 Å². The van der Waals surface area contributed by atoms with Crippen LogP contribution < -0.4 is 10.6 Å². The third kappa shape index (κ3) is 5.30. The van der Waals surface area contributed by atoms with Crippen molar-refractivity contribution in [1.82, 2.24) is 5.32 Å². The Morgan fingerprint density at radius 3 is 1.97 bits per heavy atom. The fraction of sp³-hybridized carbons (Fsp3) is 0.167. The van der Waals surface area contributed by atoms with E-state index >= 15 is 0 Å². The lowest BCUT2D eigenvalue weighted by Crippen LogP contribution is -2.29. The van der Waals surface area contributed by atoms with Gasteiger partial charge >= 0.3 is 0 Å². The topological polar surface area (TPSA) is 67.4 Å². The molecular formula is C24H24N2O3. The Balaban J connectivity index is 1.87.